The third kappa shape index (κ3) is 4.17. The van der Waals surface area contributed by atoms with Crippen molar-refractivity contribution >= 4 is 35.2 Å². The van der Waals surface area contributed by atoms with E-state index in [1.807, 2.05) is 0 Å². The molecule has 6 rings (SSSR count). The van der Waals surface area contributed by atoms with Crippen LogP contribution in [0.3, 0.4) is 0 Å². The zero-order chi connectivity index (χ0) is 27.9. The Hall–Kier alpha value is -3.17. The average molecular weight is 533 g/mol. The Labute approximate surface area is 234 Å². The number of aromatic nitrogens is 1. The Kier molecular flexibility index (Phi) is 5.79. The van der Waals surface area contributed by atoms with Crippen molar-refractivity contribution in [1.29, 1.82) is 0 Å². The lowest BCUT2D eigenvalue weighted by molar-refractivity contribution is -0.660. The minimum absolute atomic E-state index is 0.163. The number of benzene rings is 3. The van der Waals surface area contributed by atoms with Gasteiger partial charge in [0, 0.05) is 28.5 Å². The lowest BCUT2D eigenvalue weighted by Gasteiger charge is -2.42. The molecule has 2 nitrogen and oxygen atoms in total. The van der Waals surface area contributed by atoms with Gasteiger partial charge in [0.05, 0.1) is 13.6 Å². The van der Waals surface area contributed by atoms with E-state index in [2.05, 4.69) is 133 Å². The zero-order valence-electron chi connectivity index (χ0n) is 25.1. The average Bonchev–Trinajstić information content (AvgIpc) is 3.25. The lowest BCUT2D eigenvalue weighted by atomic mass is 9.63. The van der Waals surface area contributed by atoms with Crippen molar-refractivity contribution in [2.24, 2.45) is 7.05 Å². The Balaban J connectivity index is 1.70. The fraction of sp³-hybridized carbons (Fsp3) is 0.361. The van der Waals surface area contributed by atoms with Gasteiger partial charge in [-0.3, -0.25) is 0 Å². The highest BCUT2D eigenvalue weighted by Gasteiger charge is 2.37. The standard InChI is InChI=1S/C36H42NOSi/c1-23-13-15-26-28-22-25(39(7,8)9)21-27(33(28)38-34(26)32(23)31-12-10-11-19-37(31)6)24-14-16-29-30(20-24)36(4,5)18-17-35(29,2)3/h10-16,19-22H,17-18H2,1-9H3/q+1. The molecule has 0 saturated heterocycles. The van der Waals surface area contributed by atoms with Crippen LogP contribution in [0.4, 0.5) is 0 Å². The van der Waals surface area contributed by atoms with Crippen molar-refractivity contribution in [3.8, 4) is 22.4 Å². The maximum atomic E-state index is 6.97. The molecule has 2 aromatic heterocycles. The highest BCUT2D eigenvalue weighted by atomic mass is 28.3. The molecule has 3 heteroatoms. The van der Waals surface area contributed by atoms with Crippen LogP contribution >= 0.6 is 0 Å². The molecule has 1 aliphatic rings. The third-order valence-corrected chi connectivity index (χ3v) is 11.3. The largest absolute Gasteiger partial charge is 0.454 e. The van der Waals surface area contributed by atoms with Gasteiger partial charge in [0.25, 0.3) is 0 Å². The topological polar surface area (TPSA) is 17.0 Å². The molecule has 0 unspecified atom stereocenters. The first-order chi connectivity index (χ1) is 18.3. The first kappa shape index (κ1) is 26.1. The highest BCUT2D eigenvalue weighted by Crippen LogP contribution is 2.48. The molecule has 200 valence electrons. The molecular weight excluding hydrogens is 490 g/mol. The number of aryl methyl sites for hydroxylation is 2. The molecule has 5 aromatic rings. The molecule has 0 aliphatic heterocycles. The molecule has 0 amide bonds. The van der Waals surface area contributed by atoms with E-state index >= 15 is 0 Å². The predicted octanol–water partition coefficient (Wildman–Crippen LogP) is 8.95. The summed E-state index contributed by atoms with van der Waals surface area (Å²) in [6.45, 7) is 19.1. The summed E-state index contributed by atoms with van der Waals surface area (Å²) in [6.07, 6.45) is 4.55. The van der Waals surface area contributed by atoms with E-state index in [1.54, 1.807) is 0 Å². The molecule has 3 aromatic carbocycles. The number of hydrogen-bond donors (Lipinski definition) is 0. The van der Waals surface area contributed by atoms with Gasteiger partial charge in [-0.05, 0) is 58.9 Å². The lowest BCUT2D eigenvalue weighted by Crippen LogP contribution is -2.37. The minimum Gasteiger partial charge on any atom is -0.454 e. The summed E-state index contributed by atoms with van der Waals surface area (Å²) in [5.74, 6) is 0. The van der Waals surface area contributed by atoms with Crippen LogP contribution < -0.4 is 9.75 Å². The van der Waals surface area contributed by atoms with E-state index in [4.69, 9.17) is 4.42 Å². The summed E-state index contributed by atoms with van der Waals surface area (Å²) in [6, 6.07) is 23.0. The van der Waals surface area contributed by atoms with Crippen LogP contribution in [-0.2, 0) is 17.9 Å². The summed E-state index contributed by atoms with van der Waals surface area (Å²) >= 11 is 0. The van der Waals surface area contributed by atoms with Gasteiger partial charge in [-0.1, -0.05) is 95.0 Å². The summed E-state index contributed by atoms with van der Waals surface area (Å²) < 4.78 is 9.16. The number of pyridine rings is 1. The Bertz CT molecular complexity index is 1760. The zero-order valence-corrected chi connectivity index (χ0v) is 26.1. The number of hydrogen-bond acceptors (Lipinski definition) is 1. The Morgan fingerprint density at radius 1 is 0.769 bits per heavy atom. The smallest absolute Gasteiger partial charge is 0.216 e. The summed E-state index contributed by atoms with van der Waals surface area (Å²) in [5, 5.41) is 3.91. The summed E-state index contributed by atoms with van der Waals surface area (Å²) in [5.41, 5.74) is 11.4. The van der Waals surface area contributed by atoms with Crippen LogP contribution in [-0.4, -0.2) is 8.07 Å². The Morgan fingerprint density at radius 3 is 2.18 bits per heavy atom. The van der Waals surface area contributed by atoms with Crippen LogP contribution in [0.1, 0.15) is 57.2 Å². The molecular formula is C36H42NOSi+. The summed E-state index contributed by atoms with van der Waals surface area (Å²) in [4.78, 5) is 0. The SMILES string of the molecule is Cc1ccc2c(oc3c(-c4ccc5c(c4)C(C)(C)CCC5(C)C)cc([Si](C)(C)C)cc32)c1-c1cccc[n+]1C. The quantitative estimate of drug-likeness (QED) is 0.167. The highest BCUT2D eigenvalue weighted by molar-refractivity contribution is 6.89. The molecule has 1 aliphatic carbocycles. The van der Waals surface area contributed by atoms with Gasteiger partial charge >= 0.3 is 0 Å². The van der Waals surface area contributed by atoms with Gasteiger partial charge in [-0.15, -0.1) is 0 Å². The first-order valence-electron chi connectivity index (χ1n) is 14.4. The molecule has 0 atom stereocenters. The Morgan fingerprint density at radius 2 is 1.49 bits per heavy atom. The molecule has 0 fully saturated rings. The number of fused-ring (bicyclic) bond motifs is 4. The van der Waals surface area contributed by atoms with Crippen molar-refractivity contribution in [3.05, 3.63) is 83.6 Å². The molecule has 0 bridgehead atoms. The van der Waals surface area contributed by atoms with Gasteiger partial charge in [0.2, 0.25) is 5.69 Å². The van der Waals surface area contributed by atoms with Gasteiger partial charge in [-0.2, -0.15) is 0 Å². The molecule has 39 heavy (non-hydrogen) atoms. The van der Waals surface area contributed by atoms with Crippen molar-refractivity contribution in [3.63, 3.8) is 0 Å². The van der Waals surface area contributed by atoms with Crippen molar-refractivity contribution < 1.29 is 8.98 Å². The fourth-order valence-corrected chi connectivity index (χ4v) is 7.70. The molecule has 0 saturated carbocycles. The van der Waals surface area contributed by atoms with E-state index < -0.39 is 8.07 Å². The first-order valence-corrected chi connectivity index (χ1v) is 17.9. The van der Waals surface area contributed by atoms with E-state index in [0.29, 0.717) is 0 Å². The second-order valence-electron chi connectivity index (χ2n) is 14.1. The van der Waals surface area contributed by atoms with Crippen LogP contribution in [0, 0.1) is 6.92 Å². The van der Waals surface area contributed by atoms with Crippen LogP contribution in [0.15, 0.2) is 71.3 Å². The van der Waals surface area contributed by atoms with Crippen LogP contribution in [0.2, 0.25) is 19.6 Å². The van der Waals surface area contributed by atoms with E-state index in [-0.39, 0.29) is 10.8 Å². The molecule has 0 radical (unpaired) electrons. The number of furan rings is 1. The number of rotatable bonds is 3. The minimum atomic E-state index is -1.60. The van der Waals surface area contributed by atoms with E-state index in [9.17, 15) is 0 Å². The van der Waals surface area contributed by atoms with Gasteiger partial charge in [-0.25, -0.2) is 4.57 Å². The van der Waals surface area contributed by atoms with Crippen molar-refractivity contribution in [2.75, 3.05) is 0 Å². The normalized spacial score (nSPS) is 16.5. The monoisotopic (exact) mass is 532 g/mol. The van der Waals surface area contributed by atoms with Crippen molar-refractivity contribution in [1.82, 2.24) is 0 Å². The number of nitrogens with zero attached hydrogens (tertiary/aromatic N) is 1. The van der Waals surface area contributed by atoms with Crippen LogP contribution in [0.25, 0.3) is 44.3 Å². The van der Waals surface area contributed by atoms with Crippen LogP contribution in [0.5, 0.6) is 0 Å². The summed E-state index contributed by atoms with van der Waals surface area (Å²) in [7, 11) is 0.514. The second kappa shape index (κ2) is 8.66. The van der Waals surface area contributed by atoms with Gasteiger partial charge < -0.3 is 4.42 Å². The molecule has 0 N–H and O–H groups in total. The van der Waals surface area contributed by atoms with E-state index in [0.717, 1.165) is 11.2 Å². The van der Waals surface area contributed by atoms with Crippen molar-refractivity contribution in [2.45, 2.75) is 77.9 Å². The third-order valence-electron chi connectivity index (χ3n) is 9.29. The predicted molar refractivity (Wildman–Crippen MR) is 169 cm³/mol. The molecule has 0 spiro atoms. The maximum absolute atomic E-state index is 6.97. The van der Waals surface area contributed by atoms with E-state index in [1.165, 1.54) is 67.9 Å². The van der Waals surface area contributed by atoms with Gasteiger partial charge in [0.15, 0.2) is 6.20 Å². The fourth-order valence-electron chi connectivity index (χ4n) is 6.55. The second-order valence-corrected chi connectivity index (χ2v) is 19.2. The van der Waals surface area contributed by atoms with Gasteiger partial charge in [0.1, 0.15) is 18.2 Å². The maximum Gasteiger partial charge on any atom is 0.216 e. The molecule has 2 heterocycles.